The Kier molecular flexibility index (Phi) is 4.99. The molecule has 104 valence electrons. The van der Waals surface area contributed by atoms with E-state index in [1.54, 1.807) is 4.90 Å². The molecule has 1 fully saturated rings. The van der Waals surface area contributed by atoms with Crippen molar-refractivity contribution < 1.29 is 14.7 Å². The van der Waals surface area contributed by atoms with Gasteiger partial charge in [0.1, 0.15) is 0 Å². The molecule has 0 aromatic carbocycles. The Morgan fingerprint density at radius 3 is 2.39 bits per heavy atom. The summed E-state index contributed by atoms with van der Waals surface area (Å²) in [4.78, 5) is 26.9. The summed E-state index contributed by atoms with van der Waals surface area (Å²) in [6, 6.07) is 0.124. The molecule has 1 heterocycles. The van der Waals surface area contributed by atoms with E-state index in [4.69, 9.17) is 5.11 Å². The minimum Gasteiger partial charge on any atom is -0.481 e. The van der Waals surface area contributed by atoms with Crippen LogP contribution < -0.4 is 0 Å². The first-order chi connectivity index (χ1) is 8.38. The second-order valence-corrected chi connectivity index (χ2v) is 5.40. The van der Waals surface area contributed by atoms with Crippen LogP contribution in [-0.2, 0) is 4.79 Å². The van der Waals surface area contributed by atoms with Crippen molar-refractivity contribution in [2.24, 2.45) is 11.8 Å². The molecule has 2 unspecified atom stereocenters. The molecule has 1 aliphatic rings. The average Bonchev–Trinajstić information content (AvgIpc) is 2.67. The van der Waals surface area contributed by atoms with E-state index in [1.807, 2.05) is 32.6 Å². The van der Waals surface area contributed by atoms with Gasteiger partial charge in [-0.05, 0) is 26.2 Å². The number of urea groups is 1. The van der Waals surface area contributed by atoms with E-state index >= 15 is 0 Å². The number of aliphatic carboxylic acids is 1. The Balaban J connectivity index is 2.70. The Morgan fingerprint density at radius 1 is 1.39 bits per heavy atom. The van der Waals surface area contributed by atoms with Crippen LogP contribution in [0.5, 0.6) is 0 Å². The van der Waals surface area contributed by atoms with Crippen molar-refractivity contribution in [2.45, 2.75) is 40.2 Å². The molecule has 5 nitrogen and oxygen atoms in total. The molecule has 1 rings (SSSR count). The number of carbonyl (C=O) groups is 2. The molecule has 2 amide bonds. The highest BCUT2D eigenvalue weighted by Crippen LogP contribution is 2.24. The Morgan fingerprint density at radius 2 is 2.00 bits per heavy atom. The lowest BCUT2D eigenvalue weighted by molar-refractivity contribution is -0.142. The van der Waals surface area contributed by atoms with Gasteiger partial charge in [-0.1, -0.05) is 13.8 Å². The van der Waals surface area contributed by atoms with Gasteiger partial charge in [-0.15, -0.1) is 0 Å². The van der Waals surface area contributed by atoms with Crippen LogP contribution in [0.3, 0.4) is 0 Å². The van der Waals surface area contributed by atoms with E-state index in [0.29, 0.717) is 13.1 Å². The van der Waals surface area contributed by atoms with Crippen molar-refractivity contribution in [2.75, 3.05) is 19.6 Å². The first-order valence-corrected chi connectivity index (χ1v) is 6.66. The molecule has 5 heteroatoms. The summed E-state index contributed by atoms with van der Waals surface area (Å²) in [7, 11) is 0. The number of amides is 2. The number of carboxylic acids is 1. The van der Waals surface area contributed by atoms with Crippen LogP contribution in [0.1, 0.15) is 34.1 Å². The standard InChI is InChI=1S/C13H24N2O3/c1-5-6-15(9(2)3)13(18)14-7-10(4)11(8-14)12(16)17/h9-11H,5-8H2,1-4H3,(H,16,17). The third-order valence-electron chi connectivity index (χ3n) is 3.53. The molecule has 0 saturated carbocycles. The number of likely N-dealkylation sites (tertiary alicyclic amines) is 1. The van der Waals surface area contributed by atoms with Gasteiger partial charge in [0.25, 0.3) is 0 Å². The normalized spacial score (nSPS) is 23.5. The highest BCUT2D eigenvalue weighted by Gasteiger charge is 2.38. The van der Waals surface area contributed by atoms with Gasteiger partial charge in [0.15, 0.2) is 0 Å². The summed E-state index contributed by atoms with van der Waals surface area (Å²) in [5.74, 6) is -1.20. The average molecular weight is 256 g/mol. The maximum Gasteiger partial charge on any atom is 0.320 e. The first-order valence-electron chi connectivity index (χ1n) is 6.66. The van der Waals surface area contributed by atoms with Gasteiger partial charge < -0.3 is 14.9 Å². The molecule has 0 radical (unpaired) electrons. The Hall–Kier alpha value is -1.26. The van der Waals surface area contributed by atoms with Crippen LogP contribution in [0.2, 0.25) is 0 Å². The molecule has 0 aliphatic carbocycles. The lowest BCUT2D eigenvalue weighted by atomic mass is 9.99. The molecule has 0 aromatic heterocycles. The number of carboxylic acid groups (broad SMARTS) is 1. The molecular weight excluding hydrogens is 232 g/mol. The van der Waals surface area contributed by atoms with Gasteiger partial charge in [0, 0.05) is 25.7 Å². The number of carbonyl (C=O) groups excluding carboxylic acids is 1. The molecule has 0 aromatic rings. The zero-order valence-electron chi connectivity index (χ0n) is 11.7. The van der Waals surface area contributed by atoms with Crippen LogP contribution in [-0.4, -0.2) is 52.6 Å². The van der Waals surface area contributed by atoms with Gasteiger partial charge in [0.05, 0.1) is 5.92 Å². The van der Waals surface area contributed by atoms with Crippen LogP contribution in [0.4, 0.5) is 4.79 Å². The predicted molar refractivity (Wildman–Crippen MR) is 69.4 cm³/mol. The molecule has 1 saturated heterocycles. The fraction of sp³-hybridized carbons (Fsp3) is 0.846. The SMILES string of the molecule is CCCN(C(=O)N1CC(C)C(C(=O)O)C1)C(C)C. The smallest absolute Gasteiger partial charge is 0.320 e. The van der Waals surface area contributed by atoms with E-state index in [0.717, 1.165) is 13.0 Å². The molecule has 0 spiro atoms. The van der Waals surface area contributed by atoms with Crippen molar-refractivity contribution >= 4 is 12.0 Å². The molecule has 1 N–H and O–H groups in total. The number of hydrogen-bond donors (Lipinski definition) is 1. The summed E-state index contributed by atoms with van der Waals surface area (Å²) in [5, 5.41) is 9.08. The lowest BCUT2D eigenvalue weighted by Crippen LogP contribution is -2.46. The van der Waals surface area contributed by atoms with E-state index in [1.165, 1.54) is 0 Å². The Bertz CT molecular complexity index is 317. The third kappa shape index (κ3) is 3.15. The highest BCUT2D eigenvalue weighted by molar-refractivity contribution is 5.78. The zero-order valence-corrected chi connectivity index (χ0v) is 11.7. The van der Waals surface area contributed by atoms with Crippen molar-refractivity contribution in [1.82, 2.24) is 9.80 Å². The van der Waals surface area contributed by atoms with Gasteiger partial charge >= 0.3 is 12.0 Å². The molecule has 2 atom stereocenters. The molecule has 1 aliphatic heterocycles. The topological polar surface area (TPSA) is 60.9 Å². The third-order valence-corrected chi connectivity index (χ3v) is 3.53. The second kappa shape index (κ2) is 6.07. The largest absolute Gasteiger partial charge is 0.481 e. The van der Waals surface area contributed by atoms with Crippen LogP contribution in [0, 0.1) is 11.8 Å². The minimum absolute atomic E-state index is 0.0255. The highest BCUT2D eigenvalue weighted by atomic mass is 16.4. The van der Waals surface area contributed by atoms with E-state index in [2.05, 4.69) is 0 Å². The van der Waals surface area contributed by atoms with Crippen molar-refractivity contribution in [3.05, 3.63) is 0 Å². The summed E-state index contributed by atoms with van der Waals surface area (Å²) >= 11 is 0. The van der Waals surface area contributed by atoms with E-state index in [9.17, 15) is 9.59 Å². The monoisotopic (exact) mass is 256 g/mol. The van der Waals surface area contributed by atoms with Gasteiger partial charge in [-0.3, -0.25) is 4.79 Å². The zero-order chi connectivity index (χ0) is 13.9. The first kappa shape index (κ1) is 14.8. The molecule has 18 heavy (non-hydrogen) atoms. The number of rotatable bonds is 4. The van der Waals surface area contributed by atoms with Crippen LogP contribution in [0.25, 0.3) is 0 Å². The van der Waals surface area contributed by atoms with Gasteiger partial charge in [0.2, 0.25) is 0 Å². The summed E-state index contributed by atoms with van der Waals surface area (Å²) in [6.45, 7) is 9.51. The van der Waals surface area contributed by atoms with Crippen molar-refractivity contribution in [3.63, 3.8) is 0 Å². The fourth-order valence-electron chi connectivity index (χ4n) is 2.44. The van der Waals surface area contributed by atoms with Gasteiger partial charge in [-0.2, -0.15) is 0 Å². The van der Waals surface area contributed by atoms with Gasteiger partial charge in [-0.25, -0.2) is 4.79 Å². The predicted octanol–water partition coefficient (Wildman–Crippen LogP) is 1.88. The van der Waals surface area contributed by atoms with E-state index in [-0.39, 0.29) is 18.0 Å². The molecule has 0 bridgehead atoms. The minimum atomic E-state index is -0.801. The fourth-order valence-corrected chi connectivity index (χ4v) is 2.44. The van der Waals surface area contributed by atoms with Crippen molar-refractivity contribution in [1.29, 1.82) is 0 Å². The summed E-state index contributed by atoms with van der Waals surface area (Å²) in [6.07, 6.45) is 0.912. The van der Waals surface area contributed by atoms with E-state index < -0.39 is 11.9 Å². The Labute approximate surface area is 109 Å². The maximum absolute atomic E-state index is 12.3. The van der Waals surface area contributed by atoms with Crippen LogP contribution >= 0.6 is 0 Å². The number of hydrogen-bond acceptors (Lipinski definition) is 2. The lowest BCUT2D eigenvalue weighted by Gasteiger charge is -2.31. The summed E-state index contributed by atoms with van der Waals surface area (Å²) < 4.78 is 0. The molecular formula is C13H24N2O3. The van der Waals surface area contributed by atoms with Crippen molar-refractivity contribution in [3.8, 4) is 0 Å². The quantitative estimate of drug-likeness (QED) is 0.835. The van der Waals surface area contributed by atoms with Crippen LogP contribution in [0.15, 0.2) is 0 Å². The maximum atomic E-state index is 12.3. The summed E-state index contributed by atoms with van der Waals surface area (Å²) in [5.41, 5.74) is 0. The number of nitrogens with zero attached hydrogens (tertiary/aromatic N) is 2. The second-order valence-electron chi connectivity index (χ2n) is 5.40.